The Labute approximate surface area is 192 Å². The number of fused-ring (bicyclic) bond motifs is 1. The van der Waals surface area contributed by atoms with Gasteiger partial charge >= 0.3 is 5.69 Å². The highest BCUT2D eigenvalue weighted by Gasteiger charge is 2.26. The molecule has 1 fully saturated rings. The van der Waals surface area contributed by atoms with Crippen LogP contribution in [-0.4, -0.2) is 57.1 Å². The van der Waals surface area contributed by atoms with Gasteiger partial charge in [0, 0.05) is 45.1 Å². The van der Waals surface area contributed by atoms with Gasteiger partial charge in [0.25, 0.3) is 0 Å². The molecule has 5 rings (SSSR count). The van der Waals surface area contributed by atoms with Crippen molar-refractivity contribution in [2.24, 2.45) is 0 Å². The number of pyridine rings is 1. The highest BCUT2D eigenvalue weighted by molar-refractivity contribution is 5.74. The van der Waals surface area contributed by atoms with Crippen molar-refractivity contribution in [2.45, 2.75) is 19.0 Å². The lowest BCUT2D eigenvalue weighted by atomic mass is 9.97. The average Bonchev–Trinajstić information content (AvgIpc) is 3.17. The van der Waals surface area contributed by atoms with Crippen LogP contribution in [0.1, 0.15) is 23.6 Å². The Balaban J connectivity index is 1.21. The summed E-state index contributed by atoms with van der Waals surface area (Å²) in [6, 6.07) is 18.7. The number of imidazole rings is 1. The van der Waals surface area contributed by atoms with Gasteiger partial charge in [-0.2, -0.15) is 0 Å². The molecule has 7 heteroatoms. The van der Waals surface area contributed by atoms with E-state index in [2.05, 4.69) is 25.8 Å². The van der Waals surface area contributed by atoms with Crippen molar-refractivity contribution in [3.05, 3.63) is 100 Å². The van der Waals surface area contributed by atoms with Crippen LogP contribution in [-0.2, 0) is 6.54 Å². The number of para-hydroxylation sites is 2. The summed E-state index contributed by atoms with van der Waals surface area (Å²) in [6.45, 7) is 5.42. The number of benzene rings is 2. The lowest BCUT2D eigenvalue weighted by Gasteiger charge is -2.39. The van der Waals surface area contributed by atoms with E-state index in [4.69, 9.17) is 0 Å². The molecule has 0 amide bonds. The first kappa shape index (κ1) is 21.6. The molecule has 33 heavy (non-hydrogen) atoms. The molecular weight excluding hydrogens is 417 g/mol. The molecule has 1 N–H and O–H groups in total. The summed E-state index contributed by atoms with van der Waals surface area (Å²) in [5.74, 6) is -0.220. The van der Waals surface area contributed by atoms with E-state index >= 15 is 0 Å². The molecule has 1 atom stereocenters. The summed E-state index contributed by atoms with van der Waals surface area (Å²) in [5.41, 5.74) is 4.01. The average molecular weight is 446 g/mol. The maximum Gasteiger partial charge on any atom is 0.326 e. The zero-order valence-corrected chi connectivity index (χ0v) is 18.5. The van der Waals surface area contributed by atoms with E-state index in [1.807, 2.05) is 53.2 Å². The zero-order chi connectivity index (χ0) is 22.6. The van der Waals surface area contributed by atoms with Crippen LogP contribution in [0.3, 0.4) is 0 Å². The van der Waals surface area contributed by atoms with Crippen molar-refractivity contribution in [1.82, 2.24) is 24.3 Å². The van der Waals surface area contributed by atoms with Crippen LogP contribution >= 0.6 is 0 Å². The molecular formula is C26H28FN5O. The number of aromatic nitrogens is 3. The molecule has 0 saturated carbocycles. The third kappa shape index (κ3) is 4.74. The molecule has 1 aliphatic heterocycles. The number of aryl methyl sites for hydroxylation is 1. The van der Waals surface area contributed by atoms with Crippen molar-refractivity contribution in [2.75, 3.05) is 32.7 Å². The summed E-state index contributed by atoms with van der Waals surface area (Å²) in [4.78, 5) is 24.4. The predicted octanol–water partition coefficient (Wildman–Crippen LogP) is 3.66. The lowest BCUT2D eigenvalue weighted by Crippen LogP contribution is -2.48. The van der Waals surface area contributed by atoms with Crippen molar-refractivity contribution in [1.29, 1.82) is 0 Å². The van der Waals surface area contributed by atoms with Gasteiger partial charge in [0.15, 0.2) is 0 Å². The molecule has 6 nitrogen and oxygen atoms in total. The molecule has 2 aromatic heterocycles. The van der Waals surface area contributed by atoms with Gasteiger partial charge in [-0.25, -0.2) is 9.18 Å². The quantitative estimate of drug-likeness (QED) is 0.472. The number of nitrogens with one attached hydrogen (secondary N) is 1. The van der Waals surface area contributed by atoms with E-state index in [9.17, 15) is 9.18 Å². The summed E-state index contributed by atoms with van der Waals surface area (Å²) in [7, 11) is 0. The van der Waals surface area contributed by atoms with Crippen molar-refractivity contribution in [3.63, 3.8) is 0 Å². The summed E-state index contributed by atoms with van der Waals surface area (Å²) < 4.78 is 15.4. The molecule has 3 heterocycles. The highest BCUT2D eigenvalue weighted by atomic mass is 19.1. The van der Waals surface area contributed by atoms with Gasteiger partial charge in [-0.15, -0.1) is 0 Å². The first-order valence-corrected chi connectivity index (χ1v) is 11.5. The summed E-state index contributed by atoms with van der Waals surface area (Å²) in [5, 5.41) is 0. The SMILES string of the molecule is O=c1[nH]c2ccccc2n1CCCN1CCN(C(c2ccc(F)cc2)c2cccnc2)CC1. The number of aromatic amines is 1. The zero-order valence-electron chi connectivity index (χ0n) is 18.5. The third-order valence-electron chi connectivity index (χ3n) is 6.50. The fourth-order valence-corrected chi connectivity index (χ4v) is 4.82. The fraction of sp³-hybridized carbons (Fsp3) is 0.308. The molecule has 1 unspecified atom stereocenters. The number of hydrogen-bond donors (Lipinski definition) is 1. The first-order chi connectivity index (χ1) is 16.2. The minimum atomic E-state index is -0.220. The summed E-state index contributed by atoms with van der Waals surface area (Å²) >= 11 is 0. The lowest BCUT2D eigenvalue weighted by molar-refractivity contribution is 0.107. The Kier molecular flexibility index (Phi) is 6.32. The van der Waals surface area contributed by atoms with Gasteiger partial charge < -0.3 is 9.88 Å². The Bertz CT molecular complexity index is 1240. The molecule has 1 saturated heterocycles. The van der Waals surface area contributed by atoms with Gasteiger partial charge in [-0.1, -0.05) is 30.3 Å². The van der Waals surface area contributed by atoms with Crippen LogP contribution in [0.5, 0.6) is 0 Å². The second-order valence-corrected chi connectivity index (χ2v) is 8.57. The van der Waals surface area contributed by atoms with Crippen LogP contribution in [0.4, 0.5) is 4.39 Å². The van der Waals surface area contributed by atoms with Gasteiger partial charge in [-0.05, 0) is 54.4 Å². The van der Waals surface area contributed by atoms with Gasteiger partial charge in [0.05, 0.1) is 17.1 Å². The third-order valence-corrected chi connectivity index (χ3v) is 6.50. The molecule has 0 aliphatic carbocycles. The van der Waals surface area contributed by atoms with E-state index in [0.717, 1.165) is 61.3 Å². The maximum atomic E-state index is 13.5. The van der Waals surface area contributed by atoms with Crippen LogP contribution < -0.4 is 5.69 Å². The minimum Gasteiger partial charge on any atom is -0.306 e. The van der Waals surface area contributed by atoms with Crippen molar-refractivity contribution in [3.8, 4) is 0 Å². The van der Waals surface area contributed by atoms with Crippen LogP contribution in [0.2, 0.25) is 0 Å². The molecule has 1 aliphatic rings. The molecule has 0 bridgehead atoms. The van der Waals surface area contributed by atoms with E-state index in [1.54, 1.807) is 6.20 Å². The van der Waals surface area contributed by atoms with Crippen molar-refractivity contribution >= 4 is 11.0 Å². The monoisotopic (exact) mass is 445 g/mol. The highest BCUT2D eigenvalue weighted by Crippen LogP contribution is 2.29. The number of H-pyrrole nitrogens is 1. The largest absolute Gasteiger partial charge is 0.326 e. The van der Waals surface area contributed by atoms with E-state index in [-0.39, 0.29) is 17.5 Å². The second kappa shape index (κ2) is 9.68. The van der Waals surface area contributed by atoms with E-state index < -0.39 is 0 Å². The smallest absolute Gasteiger partial charge is 0.306 e. The molecule has 4 aromatic rings. The number of nitrogens with zero attached hydrogens (tertiary/aromatic N) is 4. The maximum absolute atomic E-state index is 13.5. The second-order valence-electron chi connectivity index (χ2n) is 8.57. The van der Waals surface area contributed by atoms with Crippen LogP contribution in [0.25, 0.3) is 11.0 Å². The summed E-state index contributed by atoms with van der Waals surface area (Å²) in [6.07, 6.45) is 4.60. The molecule has 0 radical (unpaired) electrons. The molecule has 170 valence electrons. The van der Waals surface area contributed by atoms with E-state index in [1.165, 1.54) is 12.1 Å². The Hall–Kier alpha value is -3.29. The normalized spacial score (nSPS) is 16.3. The number of halogens is 1. The van der Waals surface area contributed by atoms with Crippen LogP contribution in [0.15, 0.2) is 77.9 Å². The minimum absolute atomic E-state index is 0.0420. The van der Waals surface area contributed by atoms with Crippen LogP contribution in [0, 0.1) is 5.82 Å². The van der Waals surface area contributed by atoms with Crippen molar-refractivity contribution < 1.29 is 4.39 Å². The predicted molar refractivity (Wildman–Crippen MR) is 128 cm³/mol. The number of hydrogen-bond acceptors (Lipinski definition) is 4. The van der Waals surface area contributed by atoms with Gasteiger partial charge in [0.1, 0.15) is 5.82 Å². The molecule has 0 spiro atoms. The van der Waals surface area contributed by atoms with Gasteiger partial charge in [0.2, 0.25) is 0 Å². The Morgan fingerprint density at radius 2 is 1.70 bits per heavy atom. The Morgan fingerprint density at radius 1 is 0.909 bits per heavy atom. The van der Waals surface area contributed by atoms with E-state index in [0.29, 0.717) is 6.54 Å². The standard InChI is InChI=1S/C26H28FN5O/c27-22-10-8-20(9-11-22)25(21-5-3-12-28-19-21)31-17-15-30(16-18-31)13-4-14-32-24-7-2-1-6-23(24)29-26(32)33/h1-3,5-12,19,25H,4,13-18H2,(H,29,33). The van der Waals surface area contributed by atoms with Gasteiger partial charge in [-0.3, -0.25) is 14.5 Å². The number of piperazine rings is 1. The Morgan fingerprint density at radius 3 is 2.45 bits per heavy atom. The number of rotatable bonds is 7. The first-order valence-electron chi connectivity index (χ1n) is 11.5. The fourth-order valence-electron chi connectivity index (χ4n) is 4.82. The topological polar surface area (TPSA) is 57.2 Å². The molecule has 2 aromatic carbocycles.